The number of fused-ring (bicyclic) bond motifs is 10. The second-order valence-corrected chi connectivity index (χ2v) is 19.0. The second-order valence-electron chi connectivity index (χ2n) is 19.0. The molecular formula is C68H43N5. The van der Waals surface area contributed by atoms with E-state index in [1.807, 2.05) is 12.4 Å². The minimum Gasteiger partial charge on any atom is -0.309 e. The molecular weight excluding hydrogens is 887 g/mol. The van der Waals surface area contributed by atoms with Crippen LogP contribution in [0.5, 0.6) is 0 Å². The maximum Gasteiger partial charge on any atom is 0.0730 e. The van der Waals surface area contributed by atoms with E-state index in [2.05, 4.69) is 267 Å². The highest BCUT2D eigenvalue weighted by atomic mass is 15.0. The van der Waals surface area contributed by atoms with Crippen LogP contribution in [0.4, 0.5) is 0 Å². The first-order chi connectivity index (χ1) is 36.2. The highest BCUT2D eigenvalue weighted by Gasteiger charge is 2.20. The van der Waals surface area contributed by atoms with Gasteiger partial charge < -0.3 is 13.7 Å². The monoisotopic (exact) mass is 929 g/mol. The second kappa shape index (κ2) is 16.4. The van der Waals surface area contributed by atoms with Crippen molar-refractivity contribution < 1.29 is 0 Å². The van der Waals surface area contributed by atoms with Crippen molar-refractivity contribution in [2.45, 2.75) is 0 Å². The van der Waals surface area contributed by atoms with Crippen LogP contribution in [0.3, 0.4) is 0 Å². The van der Waals surface area contributed by atoms with Crippen molar-refractivity contribution in [3.05, 3.63) is 261 Å². The Balaban J connectivity index is 0.872. The Morgan fingerprint density at radius 1 is 0.247 bits per heavy atom. The molecule has 340 valence electrons. The van der Waals surface area contributed by atoms with Crippen LogP contribution in [-0.2, 0) is 0 Å². The Bertz CT molecular complexity index is 4600. The van der Waals surface area contributed by atoms with Crippen LogP contribution >= 0.6 is 0 Å². The summed E-state index contributed by atoms with van der Waals surface area (Å²) in [5, 5.41) is 9.67. The summed E-state index contributed by atoms with van der Waals surface area (Å²) in [4.78, 5) is 9.78. The van der Waals surface area contributed by atoms with E-state index in [0.29, 0.717) is 0 Å². The highest BCUT2D eigenvalue weighted by Crippen LogP contribution is 2.42. The van der Waals surface area contributed by atoms with E-state index >= 15 is 0 Å². The fraction of sp³-hybridized carbons (Fsp3) is 0. The normalized spacial score (nSPS) is 11.8. The zero-order chi connectivity index (χ0) is 48.0. The largest absolute Gasteiger partial charge is 0.309 e. The van der Waals surface area contributed by atoms with Gasteiger partial charge in [0.05, 0.1) is 56.4 Å². The molecule has 5 nitrogen and oxygen atoms in total. The fourth-order valence-corrected chi connectivity index (χ4v) is 11.7. The Morgan fingerprint density at radius 2 is 0.726 bits per heavy atom. The van der Waals surface area contributed by atoms with Crippen molar-refractivity contribution in [3.63, 3.8) is 0 Å². The van der Waals surface area contributed by atoms with E-state index in [1.165, 1.54) is 76.4 Å². The molecule has 0 N–H and O–H groups in total. The first-order valence-corrected chi connectivity index (χ1v) is 24.9. The van der Waals surface area contributed by atoms with Crippen LogP contribution in [0.25, 0.3) is 138 Å². The van der Waals surface area contributed by atoms with Gasteiger partial charge in [0.25, 0.3) is 0 Å². The number of aromatic nitrogens is 5. The Labute approximate surface area is 420 Å². The van der Waals surface area contributed by atoms with Crippen LogP contribution in [-0.4, -0.2) is 23.7 Å². The van der Waals surface area contributed by atoms with Gasteiger partial charge in [-0.15, -0.1) is 0 Å². The zero-order valence-corrected chi connectivity index (χ0v) is 39.6. The predicted molar refractivity (Wildman–Crippen MR) is 304 cm³/mol. The third kappa shape index (κ3) is 6.49. The van der Waals surface area contributed by atoms with Crippen LogP contribution < -0.4 is 0 Å². The number of nitrogens with zero attached hydrogens (tertiary/aromatic N) is 5. The molecule has 0 unspecified atom stereocenters. The Kier molecular flexibility index (Phi) is 9.19. The molecule has 0 spiro atoms. The topological polar surface area (TPSA) is 40.6 Å². The molecule has 0 saturated heterocycles. The molecule has 5 aromatic heterocycles. The molecule has 0 aliphatic heterocycles. The summed E-state index contributed by atoms with van der Waals surface area (Å²) in [6, 6.07) is 90.2. The summed E-state index contributed by atoms with van der Waals surface area (Å²) in [5.41, 5.74) is 19.0. The minimum atomic E-state index is 0.936. The lowest BCUT2D eigenvalue weighted by molar-refractivity contribution is 1.16. The smallest absolute Gasteiger partial charge is 0.0730 e. The minimum absolute atomic E-state index is 0.936. The standard InChI is InChI=1S/C68H43N5/c1-4-16-44(17-5-1)61-41-50(42-62(70-61)45-18-6-2-7-19-45)73-63-28-12-10-22-55(63)57-33-30-47(39-67(57)73)52-25-15-26-53-51(24-14-27-54(52)53)46-31-34-65-59(38-46)56-23-11-13-29-64(56)72(65)49-32-35-66-60(40-49)58-36-37-69-43-68(58)71(66)48-20-8-3-9-21-48/h1-43H. The molecule has 0 amide bonds. The molecule has 5 heterocycles. The third-order valence-corrected chi connectivity index (χ3v) is 14.9. The van der Waals surface area contributed by atoms with Crippen LogP contribution in [0.15, 0.2) is 261 Å². The van der Waals surface area contributed by atoms with Gasteiger partial charge in [-0.1, -0.05) is 170 Å². The summed E-state index contributed by atoms with van der Waals surface area (Å²) >= 11 is 0. The molecule has 10 aromatic carbocycles. The summed E-state index contributed by atoms with van der Waals surface area (Å²) in [6.45, 7) is 0. The number of rotatable bonds is 7. The zero-order valence-electron chi connectivity index (χ0n) is 39.6. The van der Waals surface area contributed by atoms with Crippen molar-refractivity contribution in [1.82, 2.24) is 23.7 Å². The summed E-state index contributed by atoms with van der Waals surface area (Å²) in [7, 11) is 0. The molecule has 0 saturated carbocycles. The maximum atomic E-state index is 5.23. The molecule has 0 aliphatic carbocycles. The lowest BCUT2D eigenvalue weighted by atomic mass is 9.92. The van der Waals surface area contributed by atoms with Crippen LogP contribution in [0.1, 0.15) is 0 Å². The number of hydrogen-bond acceptors (Lipinski definition) is 2. The Morgan fingerprint density at radius 3 is 1.40 bits per heavy atom. The van der Waals surface area contributed by atoms with Gasteiger partial charge in [0.2, 0.25) is 0 Å². The molecule has 0 atom stereocenters. The molecule has 0 bridgehead atoms. The van der Waals surface area contributed by atoms with Gasteiger partial charge in [-0.05, 0) is 112 Å². The SMILES string of the molecule is c1ccc(-c2cc(-n3c4ccccc4c4ccc(-c5cccc6c(-c7ccc8c(c7)c7ccccc7n8-c7ccc8c(c7)c7ccncc7n8-c7ccccc7)cccc56)cc43)cc(-c3ccccc3)n2)cc1. The average Bonchev–Trinajstić information content (AvgIpc) is 4.11. The third-order valence-electron chi connectivity index (χ3n) is 14.9. The van der Waals surface area contributed by atoms with Crippen molar-refractivity contribution in [1.29, 1.82) is 0 Å². The van der Waals surface area contributed by atoms with Gasteiger partial charge >= 0.3 is 0 Å². The molecule has 5 heteroatoms. The van der Waals surface area contributed by atoms with E-state index in [0.717, 1.165) is 61.6 Å². The van der Waals surface area contributed by atoms with E-state index < -0.39 is 0 Å². The summed E-state index contributed by atoms with van der Waals surface area (Å²) in [5.74, 6) is 0. The predicted octanol–water partition coefficient (Wildman–Crippen LogP) is 17.6. The van der Waals surface area contributed by atoms with Gasteiger partial charge in [0, 0.05) is 61.0 Å². The van der Waals surface area contributed by atoms with E-state index in [1.54, 1.807) is 0 Å². The van der Waals surface area contributed by atoms with Gasteiger partial charge in [-0.25, -0.2) is 4.98 Å². The van der Waals surface area contributed by atoms with Crippen molar-refractivity contribution in [2.24, 2.45) is 0 Å². The molecule has 73 heavy (non-hydrogen) atoms. The molecule has 15 aromatic rings. The van der Waals surface area contributed by atoms with E-state index in [4.69, 9.17) is 4.98 Å². The van der Waals surface area contributed by atoms with Crippen LogP contribution in [0, 0.1) is 0 Å². The first kappa shape index (κ1) is 41.0. The average molecular weight is 930 g/mol. The van der Waals surface area contributed by atoms with Crippen LogP contribution in [0.2, 0.25) is 0 Å². The van der Waals surface area contributed by atoms with Crippen molar-refractivity contribution in [3.8, 4) is 61.8 Å². The Hall–Kier alpha value is -9.84. The molecule has 15 rings (SSSR count). The number of para-hydroxylation sites is 3. The lowest BCUT2D eigenvalue weighted by Gasteiger charge is -2.14. The van der Waals surface area contributed by atoms with Crippen molar-refractivity contribution >= 4 is 76.2 Å². The van der Waals surface area contributed by atoms with E-state index in [9.17, 15) is 0 Å². The summed E-state index contributed by atoms with van der Waals surface area (Å²) in [6.07, 6.45) is 3.87. The maximum absolute atomic E-state index is 5.23. The molecule has 0 radical (unpaired) electrons. The quantitative estimate of drug-likeness (QED) is 0.160. The molecule has 0 aliphatic rings. The molecule has 0 fully saturated rings. The summed E-state index contributed by atoms with van der Waals surface area (Å²) < 4.78 is 7.17. The number of hydrogen-bond donors (Lipinski definition) is 0. The number of pyridine rings is 2. The lowest BCUT2D eigenvalue weighted by Crippen LogP contribution is -1.98. The fourth-order valence-electron chi connectivity index (χ4n) is 11.7. The first-order valence-electron chi connectivity index (χ1n) is 24.9. The van der Waals surface area contributed by atoms with Gasteiger partial charge in [0.1, 0.15) is 0 Å². The van der Waals surface area contributed by atoms with Crippen molar-refractivity contribution in [2.75, 3.05) is 0 Å². The number of benzene rings is 10. The highest BCUT2D eigenvalue weighted by molar-refractivity contribution is 6.15. The van der Waals surface area contributed by atoms with E-state index in [-0.39, 0.29) is 0 Å². The van der Waals surface area contributed by atoms with Gasteiger partial charge in [-0.2, -0.15) is 0 Å². The van der Waals surface area contributed by atoms with Gasteiger partial charge in [0.15, 0.2) is 0 Å². The van der Waals surface area contributed by atoms with Gasteiger partial charge in [-0.3, -0.25) is 4.98 Å².